The van der Waals surface area contributed by atoms with Gasteiger partial charge in [0, 0.05) is 28.7 Å². The van der Waals surface area contributed by atoms with Crippen molar-refractivity contribution in [3.8, 4) is 0 Å². The molecular weight excluding hydrogens is 333 g/mol. The Morgan fingerprint density at radius 3 is 2.56 bits per heavy atom. The van der Waals surface area contributed by atoms with Gasteiger partial charge >= 0.3 is 0 Å². The maximum Gasteiger partial charge on any atom is 0.0410 e. The van der Waals surface area contributed by atoms with Crippen LogP contribution in [0.1, 0.15) is 33.3 Å². The molecule has 0 aliphatic carbocycles. The minimum absolute atomic E-state index is 0. The third-order valence-corrected chi connectivity index (χ3v) is 4.05. The van der Waals surface area contributed by atoms with Gasteiger partial charge in [0.25, 0.3) is 0 Å². The highest BCUT2D eigenvalue weighted by Crippen LogP contribution is 2.45. The van der Waals surface area contributed by atoms with Crippen LogP contribution in [0.3, 0.4) is 0 Å². The Balaban J connectivity index is 0.00000128. The van der Waals surface area contributed by atoms with E-state index in [9.17, 15) is 0 Å². The lowest BCUT2D eigenvalue weighted by Gasteiger charge is -2.30. The second-order valence-corrected chi connectivity index (χ2v) is 5.28. The van der Waals surface area contributed by atoms with E-state index in [1.165, 1.54) is 11.3 Å². The molecule has 3 heteroatoms. The van der Waals surface area contributed by atoms with Gasteiger partial charge in [-0.2, -0.15) is 0 Å². The van der Waals surface area contributed by atoms with Crippen LogP contribution in [-0.2, 0) is 5.41 Å². The summed E-state index contributed by atoms with van der Waals surface area (Å²) >= 11 is 6.07. The molecule has 0 N–H and O–H groups in total. The standard InChI is InChI=1S/C13H18ClN.HI/c1-5-15-9(2)13(3,4)11-8-10(14)6-7-12(11)15;/h6-9H,5H2,1-4H3;1H. The molecule has 1 unspecified atom stereocenters. The van der Waals surface area contributed by atoms with Crippen LogP contribution in [0, 0.1) is 0 Å². The molecule has 1 atom stereocenters. The van der Waals surface area contributed by atoms with E-state index in [2.05, 4.69) is 44.7 Å². The number of halogens is 2. The lowest BCUT2D eigenvalue weighted by atomic mass is 9.81. The zero-order chi connectivity index (χ0) is 11.2. The summed E-state index contributed by atoms with van der Waals surface area (Å²) < 4.78 is 0. The van der Waals surface area contributed by atoms with Gasteiger partial charge in [-0.25, -0.2) is 0 Å². The van der Waals surface area contributed by atoms with Crippen LogP contribution in [0.4, 0.5) is 5.69 Å². The second-order valence-electron chi connectivity index (χ2n) is 4.85. The molecule has 0 amide bonds. The van der Waals surface area contributed by atoms with E-state index in [-0.39, 0.29) is 29.4 Å². The molecule has 1 aliphatic rings. The fourth-order valence-electron chi connectivity index (χ4n) is 2.54. The lowest BCUT2D eigenvalue weighted by Crippen LogP contribution is -2.38. The lowest BCUT2D eigenvalue weighted by molar-refractivity contribution is 0.445. The predicted octanol–water partition coefficient (Wildman–Crippen LogP) is 4.46. The van der Waals surface area contributed by atoms with Crippen LogP contribution in [0.25, 0.3) is 0 Å². The SMILES string of the molecule is CCN1c2ccc(Cl)cc2C(C)(C)C1C.I. The monoisotopic (exact) mass is 351 g/mol. The summed E-state index contributed by atoms with van der Waals surface area (Å²) in [7, 11) is 0. The zero-order valence-corrected chi connectivity index (χ0v) is 13.3. The van der Waals surface area contributed by atoms with Crippen LogP contribution in [0.15, 0.2) is 18.2 Å². The van der Waals surface area contributed by atoms with Crippen molar-refractivity contribution < 1.29 is 0 Å². The van der Waals surface area contributed by atoms with Crippen LogP contribution >= 0.6 is 35.6 Å². The predicted molar refractivity (Wildman–Crippen MR) is 82.4 cm³/mol. The van der Waals surface area contributed by atoms with Crippen LogP contribution in [0.5, 0.6) is 0 Å². The molecule has 0 bridgehead atoms. The van der Waals surface area contributed by atoms with Crippen LogP contribution in [-0.4, -0.2) is 12.6 Å². The van der Waals surface area contributed by atoms with Crippen LogP contribution < -0.4 is 4.90 Å². The number of hydrogen-bond donors (Lipinski definition) is 0. The van der Waals surface area contributed by atoms with Crippen molar-refractivity contribution in [3.05, 3.63) is 28.8 Å². The Labute approximate surface area is 120 Å². The Bertz CT molecular complexity index is 390. The Kier molecular flexibility index (Phi) is 4.17. The van der Waals surface area contributed by atoms with E-state index >= 15 is 0 Å². The van der Waals surface area contributed by atoms with Gasteiger partial charge in [-0.1, -0.05) is 25.4 Å². The first-order chi connectivity index (χ1) is 6.98. The highest BCUT2D eigenvalue weighted by molar-refractivity contribution is 14.0. The average molecular weight is 352 g/mol. The average Bonchev–Trinajstić information content (AvgIpc) is 2.37. The number of anilines is 1. The molecule has 90 valence electrons. The normalized spacial score (nSPS) is 21.6. The number of likely N-dealkylation sites (N-methyl/N-ethyl adjacent to an activating group) is 1. The van der Waals surface area contributed by atoms with Crippen molar-refractivity contribution in [2.75, 3.05) is 11.4 Å². The summed E-state index contributed by atoms with van der Waals surface area (Å²) in [5.41, 5.74) is 2.92. The number of benzene rings is 1. The molecule has 1 nitrogen and oxygen atoms in total. The fraction of sp³-hybridized carbons (Fsp3) is 0.538. The molecular formula is C13H19ClIN. The largest absolute Gasteiger partial charge is 0.368 e. The molecule has 2 rings (SSSR count). The van der Waals surface area contributed by atoms with E-state index in [0.29, 0.717) is 6.04 Å². The smallest absolute Gasteiger partial charge is 0.0410 e. The molecule has 16 heavy (non-hydrogen) atoms. The molecule has 1 aromatic carbocycles. The topological polar surface area (TPSA) is 3.24 Å². The first kappa shape index (κ1) is 14.1. The van der Waals surface area contributed by atoms with Gasteiger partial charge in [-0.3, -0.25) is 0 Å². The minimum Gasteiger partial charge on any atom is -0.368 e. The van der Waals surface area contributed by atoms with E-state index in [4.69, 9.17) is 11.6 Å². The highest BCUT2D eigenvalue weighted by atomic mass is 127. The molecule has 1 aliphatic heterocycles. The Morgan fingerprint density at radius 2 is 2.00 bits per heavy atom. The van der Waals surface area contributed by atoms with Crippen molar-refractivity contribution in [1.29, 1.82) is 0 Å². The summed E-state index contributed by atoms with van der Waals surface area (Å²) in [5, 5.41) is 0.840. The van der Waals surface area contributed by atoms with Crippen molar-refractivity contribution in [3.63, 3.8) is 0 Å². The summed E-state index contributed by atoms with van der Waals surface area (Å²) in [6.07, 6.45) is 0. The van der Waals surface area contributed by atoms with Gasteiger partial charge in [0.2, 0.25) is 0 Å². The van der Waals surface area contributed by atoms with Gasteiger partial charge in [0.05, 0.1) is 0 Å². The summed E-state index contributed by atoms with van der Waals surface area (Å²) in [4.78, 5) is 2.45. The van der Waals surface area contributed by atoms with Gasteiger partial charge < -0.3 is 4.90 Å². The van der Waals surface area contributed by atoms with E-state index in [1.54, 1.807) is 0 Å². The number of fused-ring (bicyclic) bond motifs is 1. The fourth-order valence-corrected chi connectivity index (χ4v) is 2.71. The van der Waals surface area contributed by atoms with Crippen molar-refractivity contribution in [1.82, 2.24) is 0 Å². The van der Waals surface area contributed by atoms with Gasteiger partial charge in [-0.05, 0) is 37.6 Å². The molecule has 1 aromatic rings. The molecule has 0 radical (unpaired) electrons. The van der Waals surface area contributed by atoms with E-state index in [0.717, 1.165) is 11.6 Å². The number of rotatable bonds is 1. The second kappa shape index (κ2) is 4.73. The molecule has 0 saturated carbocycles. The first-order valence-electron chi connectivity index (χ1n) is 5.55. The number of hydrogen-bond acceptors (Lipinski definition) is 1. The minimum atomic E-state index is 0. The summed E-state index contributed by atoms with van der Waals surface area (Å²) in [5.74, 6) is 0. The third-order valence-electron chi connectivity index (χ3n) is 3.81. The molecule has 0 fully saturated rings. The number of nitrogens with zero attached hydrogens (tertiary/aromatic N) is 1. The molecule has 1 heterocycles. The zero-order valence-electron chi connectivity index (χ0n) is 10.2. The van der Waals surface area contributed by atoms with Gasteiger partial charge in [0.15, 0.2) is 0 Å². The first-order valence-corrected chi connectivity index (χ1v) is 5.93. The van der Waals surface area contributed by atoms with E-state index in [1.807, 2.05) is 6.07 Å². The quantitative estimate of drug-likeness (QED) is 0.675. The molecule has 0 aromatic heterocycles. The summed E-state index contributed by atoms with van der Waals surface area (Å²) in [6.45, 7) is 10.1. The maximum absolute atomic E-state index is 6.07. The van der Waals surface area contributed by atoms with E-state index < -0.39 is 0 Å². The molecule has 0 saturated heterocycles. The van der Waals surface area contributed by atoms with Crippen molar-refractivity contribution in [2.45, 2.75) is 39.2 Å². The van der Waals surface area contributed by atoms with Crippen LogP contribution in [0.2, 0.25) is 5.02 Å². The van der Waals surface area contributed by atoms with Crippen molar-refractivity contribution in [2.24, 2.45) is 0 Å². The third kappa shape index (κ3) is 1.94. The summed E-state index contributed by atoms with van der Waals surface area (Å²) in [6, 6.07) is 6.78. The maximum atomic E-state index is 6.07. The van der Waals surface area contributed by atoms with Gasteiger partial charge in [0.1, 0.15) is 0 Å². The van der Waals surface area contributed by atoms with Crippen molar-refractivity contribution >= 4 is 41.3 Å². The Hall–Kier alpha value is 0.0400. The molecule has 0 spiro atoms. The van der Waals surface area contributed by atoms with Gasteiger partial charge in [-0.15, -0.1) is 24.0 Å². The Morgan fingerprint density at radius 1 is 1.38 bits per heavy atom. The highest BCUT2D eigenvalue weighted by Gasteiger charge is 2.40.